The van der Waals surface area contributed by atoms with Crippen LogP contribution in [-0.4, -0.2) is 16.5 Å². The first kappa shape index (κ1) is 32.4. The van der Waals surface area contributed by atoms with E-state index in [1.54, 1.807) is 0 Å². The summed E-state index contributed by atoms with van der Waals surface area (Å²) in [6.45, 7) is 5.00. The summed E-state index contributed by atoms with van der Waals surface area (Å²) in [4.78, 5) is 10.8. The Kier molecular flexibility index (Phi) is 8.28. The van der Waals surface area contributed by atoms with E-state index in [9.17, 15) is 0 Å². The van der Waals surface area contributed by atoms with E-state index in [-0.39, 0.29) is 0 Å². The van der Waals surface area contributed by atoms with Crippen molar-refractivity contribution < 1.29 is 0 Å². The minimum Gasteiger partial charge on any atom is -0.398 e. The predicted molar refractivity (Wildman–Crippen MR) is 225 cm³/mol. The fourth-order valence-corrected chi connectivity index (χ4v) is 7.71. The lowest BCUT2D eigenvalue weighted by Gasteiger charge is -2.18. The normalized spacial score (nSPS) is 13.4. The minimum atomic E-state index is 0.686. The molecule has 4 heteroatoms. The smallest absolute Gasteiger partial charge is 0.160 e. The lowest BCUT2D eigenvalue weighted by atomic mass is 9.91. The van der Waals surface area contributed by atoms with Gasteiger partial charge in [-0.2, -0.15) is 0 Å². The number of fused-ring (bicyclic) bond motifs is 3. The van der Waals surface area contributed by atoms with E-state index < -0.39 is 0 Å². The third-order valence-corrected chi connectivity index (χ3v) is 10.7. The van der Waals surface area contributed by atoms with Gasteiger partial charge in [0.25, 0.3) is 0 Å². The number of aryl methyl sites for hydroxylation is 1. The van der Waals surface area contributed by atoms with Gasteiger partial charge in [0.1, 0.15) is 0 Å². The number of anilines is 2. The van der Waals surface area contributed by atoms with Crippen LogP contribution in [-0.2, 0) is 6.42 Å². The molecule has 6 aromatic carbocycles. The van der Waals surface area contributed by atoms with Crippen molar-refractivity contribution in [1.82, 2.24) is 9.97 Å². The topological polar surface area (TPSA) is 63.8 Å². The maximum absolute atomic E-state index is 6.50. The van der Waals surface area contributed by atoms with Crippen LogP contribution in [0.4, 0.5) is 11.4 Å². The fraction of sp³-hybridized carbons (Fsp3) is 0.102. The first-order chi connectivity index (χ1) is 26.0. The van der Waals surface area contributed by atoms with E-state index >= 15 is 0 Å². The molecule has 0 fully saturated rings. The van der Waals surface area contributed by atoms with Crippen molar-refractivity contribution in [3.8, 4) is 56.2 Å². The Labute approximate surface area is 311 Å². The number of benzene rings is 6. The lowest BCUT2D eigenvalue weighted by Crippen LogP contribution is -2.04. The second-order valence-corrected chi connectivity index (χ2v) is 14.0. The SMILES string of the molecule is C/C=C(/C)c1cc(-c2cc(-c3ccc4c(c3)C=CCN4)cc(-c3nc(-c4cccc5c4C=CCC5)cc(-c4cccc5ccccc45)n3)c2)ccc1N. The molecule has 0 bridgehead atoms. The molecular weight excluding hydrogens is 645 g/mol. The van der Waals surface area contributed by atoms with Crippen molar-refractivity contribution in [2.24, 2.45) is 0 Å². The van der Waals surface area contributed by atoms with Crippen LogP contribution in [0.5, 0.6) is 0 Å². The summed E-state index contributed by atoms with van der Waals surface area (Å²) in [6, 6.07) is 43.5. The van der Waals surface area contributed by atoms with Gasteiger partial charge < -0.3 is 11.1 Å². The molecule has 9 rings (SSSR count). The van der Waals surface area contributed by atoms with Gasteiger partial charge in [-0.05, 0) is 131 Å². The van der Waals surface area contributed by atoms with E-state index in [0.717, 1.165) is 92.2 Å². The molecule has 0 saturated heterocycles. The molecule has 2 heterocycles. The predicted octanol–water partition coefficient (Wildman–Crippen LogP) is 12.4. The second kappa shape index (κ2) is 13.6. The molecule has 0 saturated carbocycles. The molecule has 3 N–H and O–H groups in total. The van der Waals surface area contributed by atoms with Gasteiger partial charge in [0.05, 0.1) is 11.4 Å². The van der Waals surface area contributed by atoms with Crippen molar-refractivity contribution in [3.63, 3.8) is 0 Å². The Bertz CT molecular complexity index is 2650. The summed E-state index contributed by atoms with van der Waals surface area (Å²) in [5.74, 6) is 0.686. The van der Waals surface area contributed by atoms with Crippen LogP contribution in [0.15, 0.2) is 140 Å². The van der Waals surface area contributed by atoms with Crippen LogP contribution in [0, 0.1) is 0 Å². The zero-order chi connectivity index (χ0) is 35.9. The number of nitrogens with zero attached hydrogens (tertiary/aromatic N) is 2. The molecule has 0 unspecified atom stereocenters. The van der Waals surface area contributed by atoms with Crippen LogP contribution in [0.1, 0.15) is 42.5 Å². The quantitative estimate of drug-likeness (QED) is 0.171. The average molecular weight is 685 g/mol. The summed E-state index contributed by atoms with van der Waals surface area (Å²) in [5.41, 5.74) is 23.8. The molecule has 2 aliphatic rings. The van der Waals surface area contributed by atoms with E-state index in [1.165, 1.54) is 27.5 Å². The van der Waals surface area contributed by atoms with Gasteiger partial charge in [0.2, 0.25) is 0 Å². The van der Waals surface area contributed by atoms with E-state index in [2.05, 4.69) is 165 Å². The van der Waals surface area contributed by atoms with Crippen LogP contribution < -0.4 is 11.1 Å². The fourth-order valence-electron chi connectivity index (χ4n) is 7.71. The third kappa shape index (κ3) is 6.13. The maximum atomic E-state index is 6.50. The van der Waals surface area contributed by atoms with Gasteiger partial charge in [0.15, 0.2) is 5.82 Å². The Morgan fingerprint density at radius 2 is 1.42 bits per heavy atom. The Morgan fingerprint density at radius 3 is 2.28 bits per heavy atom. The highest BCUT2D eigenvalue weighted by atomic mass is 14.9. The number of nitrogens with one attached hydrogen (secondary N) is 1. The molecule has 1 aromatic heterocycles. The Balaban J connectivity index is 1.30. The summed E-state index contributed by atoms with van der Waals surface area (Å²) >= 11 is 0. The molecule has 1 aliphatic carbocycles. The monoisotopic (exact) mass is 684 g/mol. The van der Waals surface area contributed by atoms with Crippen molar-refractivity contribution in [2.75, 3.05) is 17.6 Å². The third-order valence-electron chi connectivity index (χ3n) is 10.7. The van der Waals surface area contributed by atoms with Crippen molar-refractivity contribution in [2.45, 2.75) is 26.7 Å². The number of rotatable bonds is 6. The number of nitrogen functional groups attached to an aromatic ring is 1. The summed E-state index contributed by atoms with van der Waals surface area (Å²) in [6.07, 6.45) is 13.1. The molecular formula is C49H40N4. The lowest BCUT2D eigenvalue weighted by molar-refractivity contribution is 0.985. The highest BCUT2D eigenvalue weighted by molar-refractivity contribution is 5.97. The standard InChI is InChI=1S/C49H40N4/c1-3-31(2)44-29-35(20-22-45(44)50)38-26-37(34-21-23-46-36(25-34)15-10-24-51-46)27-39(28-38)49-52-47(42-18-8-13-32-11-4-6-16-40(32)42)30-48(53-49)43-19-9-14-33-12-5-7-17-41(33)43/h3-4,6-11,13-23,25-30,51H,5,12,24,50H2,1-2H3/b31-3-. The van der Waals surface area contributed by atoms with Gasteiger partial charge in [-0.3, -0.25) is 0 Å². The zero-order valence-electron chi connectivity index (χ0n) is 30.0. The van der Waals surface area contributed by atoms with Gasteiger partial charge in [-0.25, -0.2) is 9.97 Å². The average Bonchev–Trinajstić information content (AvgIpc) is 3.22. The number of allylic oxidation sites excluding steroid dienone is 3. The summed E-state index contributed by atoms with van der Waals surface area (Å²) in [7, 11) is 0. The van der Waals surface area contributed by atoms with Crippen molar-refractivity contribution in [3.05, 3.63) is 162 Å². The minimum absolute atomic E-state index is 0.686. The molecule has 1 aliphatic heterocycles. The number of hydrogen-bond donors (Lipinski definition) is 2. The summed E-state index contributed by atoms with van der Waals surface area (Å²) < 4.78 is 0. The maximum Gasteiger partial charge on any atom is 0.160 e. The van der Waals surface area contributed by atoms with Crippen LogP contribution in [0.3, 0.4) is 0 Å². The van der Waals surface area contributed by atoms with Gasteiger partial charge in [-0.15, -0.1) is 0 Å². The first-order valence-corrected chi connectivity index (χ1v) is 18.4. The molecule has 0 amide bonds. The van der Waals surface area contributed by atoms with Crippen LogP contribution >= 0.6 is 0 Å². The number of aromatic nitrogens is 2. The van der Waals surface area contributed by atoms with E-state index in [4.69, 9.17) is 15.7 Å². The number of hydrogen-bond acceptors (Lipinski definition) is 4. The molecule has 0 spiro atoms. The molecule has 256 valence electrons. The highest BCUT2D eigenvalue weighted by Gasteiger charge is 2.19. The van der Waals surface area contributed by atoms with Gasteiger partial charge in [-0.1, -0.05) is 103 Å². The molecule has 4 nitrogen and oxygen atoms in total. The molecule has 7 aromatic rings. The van der Waals surface area contributed by atoms with Crippen molar-refractivity contribution in [1.29, 1.82) is 0 Å². The molecule has 0 atom stereocenters. The van der Waals surface area contributed by atoms with E-state index in [1.807, 2.05) is 6.07 Å². The van der Waals surface area contributed by atoms with Crippen molar-refractivity contribution >= 4 is 39.9 Å². The van der Waals surface area contributed by atoms with Gasteiger partial charge in [0, 0.05) is 40.2 Å². The Hall–Kier alpha value is -6.52. The second-order valence-electron chi connectivity index (χ2n) is 14.0. The first-order valence-electron chi connectivity index (χ1n) is 18.4. The van der Waals surface area contributed by atoms with E-state index in [0.29, 0.717) is 5.82 Å². The molecule has 0 radical (unpaired) electrons. The molecule has 53 heavy (non-hydrogen) atoms. The zero-order valence-corrected chi connectivity index (χ0v) is 30.0. The largest absolute Gasteiger partial charge is 0.398 e. The Morgan fingerprint density at radius 1 is 0.679 bits per heavy atom. The summed E-state index contributed by atoms with van der Waals surface area (Å²) in [5, 5.41) is 5.84. The highest BCUT2D eigenvalue weighted by Crippen LogP contribution is 2.39. The van der Waals surface area contributed by atoms with Crippen LogP contribution in [0.25, 0.3) is 84.7 Å². The van der Waals surface area contributed by atoms with Crippen LogP contribution in [0.2, 0.25) is 0 Å². The number of nitrogens with two attached hydrogens (primary N) is 1. The van der Waals surface area contributed by atoms with Gasteiger partial charge >= 0.3 is 0 Å².